The number of hydrogen-bond acceptors (Lipinski definition) is 4. The minimum absolute atomic E-state index is 0. The maximum Gasteiger partial charge on any atom is 0.213 e. The van der Waals surface area contributed by atoms with Crippen LogP contribution in [0.1, 0.15) is 32.4 Å². The molecule has 2 rings (SSSR count). The van der Waals surface area contributed by atoms with E-state index in [9.17, 15) is 0 Å². The fourth-order valence-corrected chi connectivity index (χ4v) is 2.39. The van der Waals surface area contributed by atoms with Gasteiger partial charge in [-0.3, -0.25) is 4.99 Å². The molecule has 0 aliphatic rings. The van der Waals surface area contributed by atoms with Gasteiger partial charge in [-0.1, -0.05) is 42.8 Å². The van der Waals surface area contributed by atoms with Crippen LogP contribution in [0.5, 0.6) is 5.75 Å². The van der Waals surface area contributed by atoms with Crippen molar-refractivity contribution >= 4 is 45.9 Å². The zero-order valence-corrected chi connectivity index (χ0v) is 19.4. The van der Waals surface area contributed by atoms with Gasteiger partial charge in [-0.25, -0.2) is 4.98 Å². The molecule has 6 nitrogen and oxygen atoms in total. The number of benzene rings is 1. The number of oxazole rings is 1. The SMILES string of the molecule is CN=C(NCCOc1cccc(Br)c1)NCc1ncc(C(C)(C)C)o1.I. The maximum atomic E-state index is 5.75. The zero-order valence-electron chi connectivity index (χ0n) is 15.5. The Labute approximate surface area is 180 Å². The molecule has 1 aromatic carbocycles. The predicted molar refractivity (Wildman–Crippen MR) is 118 cm³/mol. The molecule has 0 aliphatic carbocycles. The van der Waals surface area contributed by atoms with Crippen molar-refractivity contribution in [3.63, 3.8) is 0 Å². The van der Waals surface area contributed by atoms with Gasteiger partial charge in [0, 0.05) is 16.9 Å². The van der Waals surface area contributed by atoms with E-state index in [2.05, 4.69) is 57.3 Å². The fraction of sp³-hybridized carbons (Fsp3) is 0.444. The van der Waals surface area contributed by atoms with E-state index >= 15 is 0 Å². The highest BCUT2D eigenvalue weighted by Crippen LogP contribution is 2.22. The van der Waals surface area contributed by atoms with Crippen LogP contribution in [0.2, 0.25) is 0 Å². The van der Waals surface area contributed by atoms with E-state index < -0.39 is 0 Å². The molecule has 0 radical (unpaired) electrons. The molecule has 0 atom stereocenters. The molecule has 0 saturated carbocycles. The first-order valence-electron chi connectivity index (χ1n) is 8.16. The molecule has 0 amide bonds. The highest BCUT2D eigenvalue weighted by Gasteiger charge is 2.19. The molecular formula is C18H26BrIN4O2. The molecule has 144 valence electrons. The monoisotopic (exact) mass is 536 g/mol. The van der Waals surface area contributed by atoms with Crippen molar-refractivity contribution in [1.82, 2.24) is 15.6 Å². The van der Waals surface area contributed by atoms with Gasteiger partial charge in [0.15, 0.2) is 5.96 Å². The first-order chi connectivity index (χ1) is 11.9. The Morgan fingerprint density at radius 1 is 1.31 bits per heavy atom. The van der Waals surface area contributed by atoms with Crippen LogP contribution in [0.3, 0.4) is 0 Å². The van der Waals surface area contributed by atoms with Gasteiger partial charge in [-0.2, -0.15) is 0 Å². The predicted octanol–water partition coefficient (Wildman–Crippen LogP) is 4.10. The Balaban J connectivity index is 0.00000338. The normalized spacial score (nSPS) is 11.7. The number of aromatic nitrogens is 1. The molecule has 26 heavy (non-hydrogen) atoms. The van der Waals surface area contributed by atoms with E-state index in [4.69, 9.17) is 9.15 Å². The zero-order chi connectivity index (χ0) is 18.3. The average Bonchev–Trinajstić information content (AvgIpc) is 3.03. The van der Waals surface area contributed by atoms with Crippen LogP contribution < -0.4 is 15.4 Å². The number of guanidine groups is 1. The summed E-state index contributed by atoms with van der Waals surface area (Å²) in [6, 6.07) is 7.76. The Kier molecular flexibility index (Phi) is 9.42. The van der Waals surface area contributed by atoms with Crippen molar-refractivity contribution in [2.24, 2.45) is 4.99 Å². The lowest BCUT2D eigenvalue weighted by Gasteiger charge is -2.13. The molecule has 2 aromatic rings. The summed E-state index contributed by atoms with van der Waals surface area (Å²) in [5.41, 5.74) is -0.0467. The molecule has 8 heteroatoms. The van der Waals surface area contributed by atoms with E-state index in [0.29, 0.717) is 31.5 Å². The quantitative estimate of drug-likeness (QED) is 0.252. The summed E-state index contributed by atoms with van der Waals surface area (Å²) >= 11 is 3.42. The largest absolute Gasteiger partial charge is 0.492 e. The molecule has 1 aromatic heterocycles. The second kappa shape index (κ2) is 10.8. The lowest BCUT2D eigenvalue weighted by Crippen LogP contribution is -2.38. The third-order valence-corrected chi connectivity index (χ3v) is 3.88. The van der Waals surface area contributed by atoms with Gasteiger partial charge in [0.2, 0.25) is 5.89 Å². The fourth-order valence-electron chi connectivity index (χ4n) is 2.01. The Hall–Kier alpha value is -1.29. The number of hydrogen-bond donors (Lipinski definition) is 2. The molecule has 0 saturated heterocycles. The van der Waals surface area contributed by atoms with Crippen LogP contribution in [0.25, 0.3) is 0 Å². The summed E-state index contributed by atoms with van der Waals surface area (Å²) in [5.74, 6) is 3.01. The second-order valence-corrected chi connectivity index (χ2v) is 7.44. The lowest BCUT2D eigenvalue weighted by molar-refractivity contribution is 0.321. The van der Waals surface area contributed by atoms with Crippen LogP contribution in [0, 0.1) is 0 Å². The first kappa shape index (κ1) is 22.8. The molecular weight excluding hydrogens is 511 g/mol. The minimum atomic E-state index is -0.0467. The van der Waals surface area contributed by atoms with Crippen molar-refractivity contribution in [3.8, 4) is 5.75 Å². The van der Waals surface area contributed by atoms with Crippen LogP contribution in [0.15, 0.2) is 44.3 Å². The number of ether oxygens (including phenoxy) is 1. The van der Waals surface area contributed by atoms with Crippen LogP contribution in [-0.4, -0.2) is 31.1 Å². The molecule has 0 bridgehead atoms. The molecule has 1 heterocycles. The van der Waals surface area contributed by atoms with Crippen molar-refractivity contribution in [2.45, 2.75) is 32.7 Å². The second-order valence-electron chi connectivity index (χ2n) is 6.53. The van der Waals surface area contributed by atoms with E-state index in [-0.39, 0.29) is 29.4 Å². The van der Waals surface area contributed by atoms with Gasteiger partial charge in [0.25, 0.3) is 0 Å². The Morgan fingerprint density at radius 2 is 2.08 bits per heavy atom. The smallest absolute Gasteiger partial charge is 0.213 e. The first-order valence-corrected chi connectivity index (χ1v) is 8.96. The van der Waals surface area contributed by atoms with Gasteiger partial charge >= 0.3 is 0 Å². The van der Waals surface area contributed by atoms with Crippen LogP contribution >= 0.6 is 39.9 Å². The summed E-state index contributed by atoms with van der Waals surface area (Å²) in [6.07, 6.45) is 1.78. The minimum Gasteiger partial charge on any atom is -0.492 e. The molecule has 0 spiro atoms. The summed E-state index contributed by atoms with van der Waals surface area (Å²) in [6.45, 7) is 7.92. The Bertz CT molecular complexity index is 713. The van der Waals surface area contributed by atoms with Crippen molar-refractivity contribution in [1.29, 1.82) is 0 Å². The number of halogens is 2. The van der Waals surface area contributed by atoms with E-state index in [1.165, 1.54) is 0 Å². The van der Waals surface area contributed by atoms with E-state index in [1.54, 1.807) is 13.2 Å². The van der Waals surface area contributed by atoms with Crippen molar-refractivity contribution < 1.29 is 9.15 Å². The van der Waals surface area contributed by atoms with Gasteiger partial charge in [0.1, 0.15) is 18.1 Å². The van der Waals surface area contributed by atoms with Gasteiger partial charge in [-0.15, -0.1) is 24.0 Å². The van der Waals surface area contributed by atoms with E-state index in [0.717, 1.165) is 16.0 Å². The maximum absolute atomic E-state index is 5.75. The van der Waals surface area contributed by atoms with Gasteiger partial charge in [0.05, 0.1) is 19.3 Å². The van der Waals surface area contributed by atoms with Gasteiger partial charge in [-0.05, 0) is 18.2 Å². The number of rotatable bonds is 6. The highest BCUT2D eigenvalue weighted by atomic mass is 127. The summed E-state index contributed by atoms with van der Waals surface area (Å²) in [7, 11) is 1.72. The highest BCUT2D eigenvalue weighted by molar-refractivity contribution is 14.0. The van der Waals surface area contributed by atoms with E-state index in [1.807, 2.05) is 24.3 Å². The molecule has 2 N–H and O–H groups in total. The third-order valence-electron chi connectivity index (χ3n) is 3.38. The lowest BCUT2D eigenvalue weighted by atomic mass is 9.94. The topological polar surface area (TPSA) is 71.7 Å². The Morgan fingerprint density at radius 3 is 2.69 bits per heavy atom. The summed E-state index contributed by atoms with van der Waals surface area (Å²) in [4.78, 5) is 8.47. The number of nitrogens with zero attached hydrogens (tertiary/aromatic N) is 2. The molecule has 0 fully saturated rings. The van der Waals surface area contributed by atoms with Crippen LogP contribution in [-0.2, 0) is 12.0 Å². The third kappa shape index (κ3) is 7.53. The number of nitrogens with one attached hydrogen (secondary N) is 2. The summed E-state index contributed by atoms with van der Waals surface area (Å²) in [5, 5.41) is 6.37. The van der Waals surface area contributed by atoms with Gasteiger partial charge < -0.3 is 19.8 Å². The van der Waals surface area contributed by atoms with Crippen LogP contribution in [0.4, 0.5) is 0 Å². The summed E-state index contributed by atoms with van der Waals surface area (Å²) < 4.78 is 12.4. The molecule has 0 unspecified atom stereocenters. The number of aliphatic imine (C=N–C) groups is 1. The molecule has 0 aliphatic heterocycles. The average molecular weight is 537 g/mol. The van der Waals surface area contributed by atoms with Crippen molar-refractivity contribution in [3.05, 3.63) is 46.6 Å². The van der Waals surface area contributed by atoms with Crippen molar-refractivity contribution in [2.75, 3.05) is 20.2 Å². The standard InChI is InChI=1S/C18H25BrN4O2.HI/c1-18(2,3)15-11-22-16(25-15)12-23-17(20-4)21-8-9-24-14-7-5-6-13(19)10-14;/h5-7,10-11H,8-9,12H2,1-4H3,(H2,20,21,23);1H.